The van der Waals surface area contributed by atoms with E-state index in [1.807, 2.05) is 12.1 Å². The van der Waals surface area contributed by atoms with Gasteiger partial charge in [-0.2, -0.15) is 0 Å². The first-order chi connectivity index (χ1) is 14.3. The van der Waals surface area contributed by atoms with Crippen molar-refractivity contribution in [2.75, 3.05) is 11.9 Å². The van der Waals surface area contributed by atoms with Crippen LogP contribution in [0.4, 0.5) is 5.69 Å². The molecule has 0 saturated heterocycles. The number of anilines is 1. The monoisotopic (exact) mass is 493 g/mol. The zero-order chi connectivity index (χ0) is 21.6. The first-order valence-corrected chi connectivity index (χ1v) is 12.0. The molecule has 1 aliphatic rings. The molecule has 7 nitrogen and oxygen atoms in total. The summed E-state index contributed by atoms with van der Waals surface area (Å²) in [7, 11) is -3.70. The number of aliphatic imine (C=N–C) groups is 1. The van der Waals surface area contributed by atoms with Crippen molar-refractivity contribution in [1.29, 1.82) is 0 Å². The van der Waals surface area contributed by atoms with Crippen LogP contribution in [-0.2, 0) is 14.8 Å². The molecule has 2 aromatic rings. The second-order valence-corrected chi connectivity index (χ2v) is 9.57. The molecule has 1 aliphatic heterocycles. The Bertz CT molecular complexity index is 1010. The van der Waals surface area contributed by atoms with Crippen LogP contribution in [0.5, 0.6) is 5.75 Å². The fraction of sp³-hybridized carbons (Fsp3) is 0.333. The Hall–Kier alpha value is -2.39. The number of amides is 1. The number of benzene rings is 2. The highest BCUT2D eigenvalue weighted by Crippen LogP contribution is 2.19. The molecule has 0 aromatic heterocycles. The van der Waals surface area contributed by atoms with Gasteiger partial charge in [-0.25, -0.2) is 8.42 Å². The number of sulfonamides is 1. The van der Waals surface area contributed by atoms with Crippen LogP contribution in [0.2, 0.25) is 0 Å². The van der Waals surface area contributed by atoms with Crippen molar-refractivity contribution in [3.63, 3.8) is 0 Å². The molecule has 0 spiro atoms. The second kappa shape index (κ2) is 10.1. The molecule has 2 aromatic carbocycles. The van der Waals surface area contributed by atoms with Crippen molar-refractivity contribution in [2.45, 2.75) is 43.6 Å². The summed E-state index contributed by atoms with van der Waals surface area (Å²) in [6, 6.07) is 13.2. The lowest BCUT2D eigenvalue weighted by Gasteiger charge is -2.15. The molecule has 1 heterocycles. The van der Waals surface area contributed by atoms with Crippen LogP contribution in [-0.4, -0.2) is 32.8 Å². The molecule has 0 aliphatic carbocycles. The van der Waals surface area contributed by atoms with E-state index in [1.54, 1.807) is 31.2 Å². The number of nitrogens with one attached hydrogen (secondary N) is 2. The predicted octanol–water partition coefficient (Wildman–Crippen LogP) is 4.11. The number of hydrogen-bond acceptors (Lipinski definition) is 5. The first-order valence-electron chi connectivity index (χ1n) is 9.73. The summed E-state index contributed by atoms with van der Waals surface area (Å²) in [5.41, 5.74) is 0.483. The van der Waals surface area contributed by atoms with E-state index in [9.17, 15) is 13.2 Å². The number of carbonyl (C=O) groups excluding carboxylic acids is 1. The highest BCUT2D eigenvalue weighted by atomic mass is 79.9. The predicted molar refractivity (Wildman–Crippen MR) is 120 cm³/mol. The number of halogens is 1. The molecule has 0 bridgehead atoms. The Kier molecular flexibility index (Phi) is 7.49. The van der Waals surface area contributed by atoms with Gasteiger partial charge in [0.05, 0.1) is 4.90 Å². The minimum Gasteiger partial charge on any atom is -0.481 e. The molecule has 9 heteroatoms. The summed E-state index contributed by atoms with van der Waals surface area (Å²) in [6.45, 7) is 2.29. The smallest absolute Gasteiger partial charge is 0.265 e. The summed E-state index contributed by atoms with van der Waals surface area (Å²) in [4.78, 5) is 16.8. The van der Waals surface area contributed by atoms with Crippen LogP contribution in [0, 0.1) is 0 Å². The largest absolute Gasteiger partial charge is 0.481 e. The Morgan fingerprint density at radius 1 is 1.07 bits per heavy atom. The molecule has 2 N–H and O–H groups in total. The minimum absolute atomic E-state index is 0.117. The molecule has 1 amide bonds. The van der Waals surface area contributed by atoms with Gasteiger partial charge < -0.3 is 10.1 Å². The van der Waals surface area contributed by atoms with E-state index in [0.717, 1.165) is 23.7 Å². The summed E-state index contributed by atoms with van der Waals surface area (Å²) in [5.74, 6) is 0.748. The third kappa shape index (κ3) is 6.30. The lowest BCUT2D eigenvalue weighted by atomic mass is 10.2. The number of rotatable bonds is 6. The number of amidine groups is 1. The normalized spacial score (nSPS) is 15.5. The lowest BCUT2D eigenvalue weighted by Crippen LogP contribution is -2.31. The highest BCUT2D eigenvalue weighted by molar-refractivity contribution is 9.10. The maximum Gasteiger partial charge on any atom is 0.265 e. The average Bonchev–Trinajstić information content (AvgIpc) is 2.98. The van der Waals surface area contributed by atoms with Crippen LogP contribution in [0.3, 0.4) is 0 Å². The SMILES string of the molecule is CC(Oc1ccc(Br)cc1)C(=O)Nc1ccc(S(=O)(=O)NC2=NCCCCC2)cc1. The van der Waals surface area contributed by atoms with Crippen LogP contribution < -0.4 is 14.8 Å². The van der Waals surface area contributed by atoms with Gasteiger partial charge in [0.1, 0.15) is 11.6 Å². The van der Waals surface area contributed by atoms with E-state index in [-0.39, 0.29) is 10.8 Å². The Balaban J connectivity index is 1.59. The molecule has 30 heavy (non-hydrogen) atoms. The van der Waals surface area contributed by atoms with E-state index in [2.05, 4.69) is 31.0 Å². The third-order valence-corrected chi connectivity index (χ3v) is 6.48. The van der Waals surface area contributed by atoms with Gasteiger partial charge in [-0.1, -0.05) is 22.4 Å². The molecule has 3 rings (SSSR count). The Morgan fingerprint density at radius 3 is 2.47 bits per heavy atom. The van der Waals surface area contributed by atoms with Gasteiger partial charge in [0.25, 0.3) is 15.9 Å². The number of nitrogens with zero attached hydrogens (tertiary/aromatic N) is 1. The van der Waals surface area contributed by atoms with E-state index >= 15 is 0 Å². The Morgan fingerprint density at radius 2 is 1.77 bits per heavy atom. The van der Waals surface area contributed by atoms with Gasteiger partial charge in [0.2, 0.25) is 0 Å². The van der Waals surface area contributed by atoms with E-state index in [1.165, 1.54) is 12.1 Å². The van der Waals surface area contributed by atoms with Crippen LogP contribution in [0.25, 0.3) is 0 Å². The molecule has 0 radical (unpaired) electrons. The standard InChI is InChI=1S/C21H24BrN3O4S/c1-15(29-18-10-6-16(22)7-11-18)21(26)24-17-8-12-19(13-9-17)30(27,28)25-20-5-3-2-4-14-23-20/h6-13,15H,2-5,14H2,1H3,(H,23,25)(H,24,26). The van der Waals surface area contributed by atoms with Crippen molar-refractivity contribution in [2.24, 2.45) is 4.99 Å². The van der Waals surface area contributed by atoms with E-state index < -0.39 is 16.1 Å². The summed E-state index contributed by atoms with van der Waals surface area (Å²) in [5, 5.41) is 2.73. The highest BCUT2D eigenvalue weighted by Gasteiger charge is 2.18. The van der Waals surface area contributed by atoms with Crippen molar-refractivity contribution in [1.82, 2.24) is 4.72 Å². The van der Waals surface area contributed by atoms with Crippen molar-refractivity contribution in [3.8, 4) is 5.75 Å². The van der Waals surface area contributed by atoms with Gasteiger partial charge >= 0.3 is 0 Å². The van der Waals surface area contributed by atoms with Gasteiger partial charge in [0, 0.05) is 23.1 Å². The topological polar surface area (TPSA) is 96.9 Å². The minimum atomic E-state index is -3.70. The Labute approximate surface area is 185 Å². The maximum absolute atomic E-state index is 12.6. The van der Waals surface area contributed by atoms with Crippen molar-refractivity contribution >= 4 is 43.4 Å². The fourth-order valence-electron chi connectivity index (χ4n) is 2.90. The van der Waals surface area contributed by atoms with Crippen molar-refractivity contribution < 1.29 is 17.9 Å². The lowest BCUT2D eigenvalue weighted by molar-refractivity contribution is -0.122. The number of hydrogen-bond donors (Lipinski definition) is 2. The fourth-order valence-corrected chi connectivity index (χ4v) is 4.26. The quantitative estimate of drug-likeness (QED) is 0.632. The van der Waals surface area contributed by atoms with Gasteiger partial charge in [-0.3, -0.25) is 14.5 Å². The molecular formula is C21H24BrN3O4S. The molecular weight excluding hydrogens is 470 g/mol. The zero-order valence-corrected chi connectivity index (χ0v) is 19.0. The molecule has 1 unspecified atom stereocenters. The molecule has 0 saturated carbocycles. The summed E-state index contributed by atoms with van der Waals surface area (Å²) < 4.78 is 34.3. The van der Waals surface area contributed by atoms with E-state index in [4.69, 9.17) is 4.74 Å². The summed E-state index contributed by atoms with van der Waals surface area (Å²) in [6.07, 6.45) is 2.86. The van der Waals surface area contributed by atoms with Crippen molar-refractivity contribution in [3.05, 3.63) is 53.0 Å². The molecule has 160 valence electrons. The van der Waals surface area contributed by atoms with Gasteiger partial charge in [-0.05, 0) is 68.3 Å². The average molecular weight is 494 g/mol. The first kappa shape index (κ1) is 22.3. The molecule has 1 atom stereocenters. The summed E-state index contributed by atoms with van der Waals surface area (Å²) >= 11 is 3.35. The van der Waals surface area contributed by atoms with E-state index in [0.29, 0.717) is 30.2 Å². The van der Waals surface area contributed by atoms with Crippen LogP contribution >= 0.6 is 15.9 Å². The maximum atomic E-state index is 12.6. The number of ether oxygens (including phenoxy) is 1. The van der Waals surface area contributed by atoms with Crippen LogP contribution in [0.1, 0.15) is 32.6 Å². The number of carbonyl (C=O) groups is 1. The molecule has 0 fully saturated rings. The van der Waals surface area contributed by atoms with Gasteiger partial charge in [-0.15, -0.1) is 0 Å². The zero-order valence-electron chi connectivity index (χ0n) is 16.6. The third-order valence-electron chi connectivity index (χ3n) is 4.55. The van der Waals surface area contributed by atoms with Gasteiger partial charge in [0.15, 0.2) is 6.10 Å². The second-order valence-electron chi connectivity index (χ2n) is 6.97. The van der Waals surface area contributed by atoms with Crippen LogP contribution in [0.15, 0.2) is 62.9 Å².